The molecular formula is C21H18N6O5S. The Morgan fingerprint density at radius 2 is 1.85 bits per heavy atom. The summed E-state index contributed by atoms with van der Waals surface area (Å²) >= 11 is 1.43. The Morgan fingerprint density at radius 3 is 2.52 bits per heavy atom. The highest BCUT2D eigenvalue weighted by molar-refractivity contribution is 7.15. The average molecular weight is 466 g/mol. The van der Waals surface area contributed by atoms with Gasteiger partial charge in [0.25, 0.3) is 5.69 Å². The molecule has 4 aromatic rings. The van der Waals surface area contributed by atoms with E-state index in [4.69, 9.17) is 4.74 Å². The predicted octanol–water partition coefficient (Wildman–Crippen LogP) is 2.67. The van der Waals surface area contributed by atoms with Crippen LogP contribution in [0.1, 0.15) is 5.69 Å². The highest BCUT2D eigenvalue weighted by atomic mass is 32.1. The zero-order valence-electron chi connectivity index (χ0n) is 17.3. The van der Waals surface area contributed by atoms with Gasteiger partial charge in [-0.15, -0.1) is 16.4 Å². The molecule has 11 nitrogen and oxygen atoms in total. The maximum Gasteiger partial charge on any atom is 0.313 e. The van der Waals surface area contributed by atoms with Gasteiger partial charge in [0.1, 0.15) is 5.75 Å². The SMILES string of the molecule is COc1ccc(-c2nc3scc(CCNC(=O)C(=O)Nc4ccc([N+](=O)[O-])cc4)n3n2)cc1. The lowest BCUT2D eigenvalue weighted by atomic mass is 10.2. The molecule has 0 saturated heterocycles. The molecule has 12 heteroatoms. The van der Waals surface area contributed by atoms with Crippen LogP contribution in [0.25, 0.3) is 16.3 Å². The summed E-state index contributed by atoms with van der Waals surface area (Å²) in [5, 5.41) is 22.1. The largest absolute Gasteiger partial charge is 0.497 e. The number of rotatable bonds is 7. The number of nitro benzene ring substituents is 1. The summed E-state index contributed by atoms with van der Waals surface area (Å²) in [4.78, 5) is 39.5. The number of ether oxygens (including phenoxy) is 1. The van der Waals surface area contributed by atoms with Crippen LogP contribution in [0.3, 0.4) is 0 Å². The van der Waals surface area contributed by atoms with Crippen molar-refractivity contribution >= 4 is 39.5 Å². The fourth-order valence-corrected chi connectivity index (χ4v) is 3.85. The minimum Gasteiger partial charge on any atom is -0.497 e. The zero-order chi connectivity index (χ0) is 23.4. The standard InChI is InChI=1S/C21H18N6O5S/c1-32-17-8-2-13(3-9-17)18-24-21-26(25-18)16(12-33-21)10-11-22-19(28)20(29)23-14-4-6-15(7-5-14)27(30)31/h2-9,12H,10-11H2,1H3,(H,22,28)(H,23,29). The van der Waals surface area contributed by atoms with Crippen LogP contribution in [0.15, 0.2) is 53.9 Å². The van der Waals surface area contributed by atoms with Gasteiger partial charge in [-0.3, -0.25) is 19.7 Å². The number of aromatic nitrogens is 3. The van der Waals surface area contributed by atoms with Crippen molar-refractivity contribution in [1.29, 1.82) is 0 Å². The van der Waals surface area contributed by atoms with E-state index in [9.17, 15) is 19.7 Å². The molecular weight excluding hydrogens is 448 g/mol. The van der Waals surface area contributed by atoms with E-state index in [0.717, 1.165) is 22.0 Å². The van der Waals surface area contributed by atoms with Crippen LogP contribution in [-0.2, 0) is 16.0 Å². The van der Waals surface area contributed by atoms with Crippen LogP contribution < -0.4 is 15.4 Å². The second kappa shape index (κ2) is 9.44. The van der Waals surface area contributed by atoms with E-state index in [1.165, 1.54) is 35.6 Å². The lowest BCUT2D eigenvalue weighted by Gasteiger charge is -2.06. The molecule has 0 aliphatic rings. The maximum absolute atomic E-state index is 12.1. The van der Waals surface area contributed by atoms with Crippen LogP contribution >= 0.6 is 11.3 Å². The number of thiazole rings is 1. The zero-order valence-corrected chi connectivity index (χ0v) is 18.2. The summed E-state index contributed by atoms with van der Waals surface area (Å²) in [6.45, 7) is 0.218. The molecule has 2 amide bonds. The molecule has 0 aliphatic carbocycles. The summed E-state index contributed by atoms with van der Waals surface area (Å²) in [5.41, 5.74) is 1.88. The Kier molecular flexibility index (Phi) is 6.26. The number of carbonyl (C=O) groups is 2. The van der Waals surface area contributed by atoms with Crippen molar-refractivity contribution in [1.82, 2.24) is 19.9 Å². The van der Waals surface area contributed by atoms with E-state index in [1.807, 2.05) is 29.6 Å². The monoisotopic (exact) mass is 466 g/mol. The molecule has 0 aliphatic heterocycles. The Hall–Kier alpha value is -4.32. The topological polar surface area (TPSA) is 141 Å². The number of benzene rings is 2. The van der Waals surface area contributed by atoms with Crippen molar-refractivity contribution in [2.75, 3.05) is 19.0 Å². The number of nitrogens with one attached hydrogen (secondary N) is 2. The van der Waals surface area contributed by atoms with Gasteiger partial charge in [0.2, 0.25) is 4.96 Å². The van der Waals surface area contributed by atoms with Crippen molar-refractivity contribution in [2.45, 2.75) is 6.42 Å². The number of anilines is 1. The third-order valence-corrected chi connectivity index (χ3v) is 5.57. The lowest BCUT2D eigenvalue weighted by Crippen LogP contribution is -2.36. The van der Waals surface area contributed by atoms with Gasteiger partial charge >= 0.3 is 11.8 Å². The predicted molar refractivity (Wildman–Crippen MR) is 121 cm³/mol. The molecule has 0 atom stereocenters. The van der Waals surface area contributed by atoms with E-state index >= 15 is 0 Å². The van der Waals surface area contributed by atoms with Crippen LogP contribution in [0.4, 0.5) is 11.4 Å². The van der Waals surface area contributed by atoms with Gasteiger partial charge in [0.15, 0.2) is 5.82 Å². The molecule has 0 bridgehead atoms. The second-order valence-electron chi connectivity index (χ2n) is 6.85. The van der Waals surface area contributed by atoms with Crippen molar-refractivity contribution < 1.29 is 19.2 Å². The number of nitro groups is 1. The van der Waals surface area contributed by atoms with Gasteiger partial charge in [0, 0.05) is 41.7 Å². The number of non-ortho nitro benzene ring substituents is 1. The Balaban J connectivity index is 1.33. The van der Waals surface area contributed by atoms with Gasteiger partial charge < -0.3 is 15.4 Å². The van der Waals surface area contributed by atoms with Crippen molar-refractivity contribution in [3.05, 3.63) is 69.7 Å². The third-order valence-electron chi connectivity index (χ3n) is 4.71. The van der Waals surface area contributed by atoms with Gasteiger partial charge in [-0.25, -0.2) is 4.52 Å². The van der Waals surface area contributed by atoms with Crippen molar-refractivity contribution in [2.24, 2.45) is 0 Å². The fraction of sp³-hybridized carbons (Fsp3) is 0.143. The number of nitrogens with zero attached hydrogens (tertiary/aromatic N) is 4. The summed E-state index contributed by atoms with van der Waals surface area (Å²) in [6, 6.07) is 12.6. The molecule has 2 N–H and O–H groups in total. The quantitative estimate of drug-likeness (QED) is 0.242. The van der Waals surface area contributed by atoms with Crippen LogP contribution in [0.5, 0.6) is 5.75 Å². The molecule has 33 heavy (non-hydrogen) atoms. The first-order chi connectivity index (χ1) is 15.9. The van der Waals surface area contributed by atoms with Gasteiger partial charge in [-0.2, -0.15) is 4.98 Å². The summed E-state index contributed by atoms with van der Waals surface area (Å²) in [5.74, 6) is -0.342. The Labute approximate surface area is 191 Å². The normalized spacial score (nSPS) is 10.7. The highest BCUT2D eigenvalue weighted by Gasteiger charge is 2.16. The highest BCUT2D eigenvalue weighted by Crippen LogP contribution is 2.23. The molecule has 168 valence electrons. The molecule has 0 saturated carbocycles. The number of amides is 2. The van der Waals surface area contributed by atoms with E-state index in [0.29, 0.717) is 12.2 Å². The van der Waals surface area contributed by atoms with Gasteiger partial charge in [-0.1, -0.05) is 0 Å². The smallest absolute Gasteiger partial charge is 0.313 e. The van der Waals surface area contributed by atoms with Crippen LogP contribution in [0.2, 0.25) is 0 Å². The summed E-state index contributed by atoms with van der Waals surface area (Å²) in [6.07, 6.45) is 0.446. The summed E-state index contributed by atoms with van der Waals surface area (Å²) < 4.78 is 6.88. The van der Waals surface area contributed by atoms with Crippen molar-refractivity contribution in [3.63, 3.8) is 0 Å². The molecule has 0 unspecified atom stereocenters. The lowest BCUT2D eigenvalue weighted by molar-refractivity contribution is -0.384. The summed E-state index contributed by atoms with van der Waals surface area (Å²) in [7, 11) is 1.60. The third kappa shape index (κ3) is 4.96. The minimum atomic E-state index is -0.859. The van der Waals surface area contributed by atoms with E-state index in [-0.39, 0.29) is 17.9 Å². The number of methoxy groups -OCH3 is 1. The maximum atomic E-state index is 12.1. The average Bonchev–Trinajstić information content (AvgIpc) is 3.41. The number of hydrogen-bond donors (Lipinski definition) is 2. The first kappa shape index (κ1) is 21.9. The molecule has 0 radical (unpaired) electrons. The Bertz CT molecular complexity index is 1310. The first-order valence-corrected chi connectivity index (χ1v) is 10.6. The van der Waals surface area contributed by atoms with Crippen molar-refractivity contribution in [3.8, 4) is 17.1 Å². The number of fused-ring (bicyclic) bond motifs is 1. The van der Waals surface area contributed by atoms with E-state index in [2.05, 4.69) is 20.7 Å². The van der Waals surface area contributed by atoms with Crippen LogP contribution in [-0.4, -0.2) is 45.0 Å². The van der Waals surface area contributed by atoms with E-state index < -0.39 is 16.7 Å². The molecule has 0 spiro atoms. The molecule has 4 rings (SSSR count). The molecule has 2 aromatic carbocycles. The first-order valence-electron chi connectivity index (χ1n) is 9.76. The van der Waals surface area contributed by atoms with Gasteiger partial charge in [0.05, 0.1) is 17.7 Å². The number of hydrogen-bond acceptors (Lipinski definition) is 8. The molecule has 2 heterocycles. The Morgan fingerprint density at radius 1 is 1.12 bits per heavy atom. The fourth-order valence-electron chi connectivity index (χ4n) is 3.00. The van der Waals surface area contributed by atoms with Crippen LogP contribution in [0, 0.1) is 10.1 Å². The minimum absolute atomic E-state index is 0.109. The number of carbonyl (C=O) groups excluding carboxylic acids is 2. The second-order valence-corrected chi connectivity index (χ2v) is 7.69. The molecule has 2 aromatic heterocycles. The molecule has 0 fully saturated rings. The van der Waals surface area contributed by atoms with Gasteiger partial charge in [-0.05, 0) is 36.4 Å². The van der Waals surface area contributed by atoms with E-state index in [1.54, 1.807) is 11.6 Å².